The minimum atomic E-state index is 0.365. The van der Waals surface area contributed by atoms with Crippen LogP contribution in [-0.4, -0.2) is 29.6 Å². The van der Waals surface area contributed by atoms with Crippen LogP contribution in [0.1, 0.15) is 52.1 Å². The number of nitrogens with one attached hydrogen (secondary N) is 1. The van der Waals surface area contributed by atoms with Gasteiger partial charge < -0.3 is 10.2 Å². The Morgan fingerprint density at radius 1 is 1.28 bits per heavy atom. The zero-order valence-electron chi connectivity index (χ0n) is 12.5. The molecule has 102 valence electrons. The highest BCUT2D eigenvalue weighted by Crippen LogP contribution is 2.19. The zero-order chi connectivity index (χ0) is 13.7. The quantitative estimate of drug-likeness (QED) is 0.842. The number of aromatic nitrogens is 2. The van der Waals surface area contributed by atoms with Crippen LogP contribution in [0.15, 0.2) is 6.20 Å². The summed E-state index contributed by atoms with van der Waals surface area (Å²) in [5.74, 6) is 1.28. The summed E-state index contributed by atoms with van der Waals surface area (Å²) >= 11 is 0. The lowest BCUT2D eigenvalue weighted by Gasteiger charge is -2.21. The van der Waals surface area contributed by atoms with Crippen molar-refractivity contribution in [3.8, 4) is 0 Å². The molecule has 0 unspecified atom stereocenters. The smallest absolute Gasteiger partial charge is 0.131 e. The van der Waals surface area contributed by atoms with Gasteiger partial charge in [-0.15, -0.1) is 0 Å². The van der Waals surface area contributed by atoms with E-state index in [9.17, 15) is 0 Å². The summed E-state index contributed by atoms with van der Waals surface area (Å²) in [6, 6.07) is 0.460. The Labute approximate surface area is 111 Å². The fraction of sp³-hybridized carbons (Fsp3) is 0.714. The molecule has 0 saturated carbocycles. The van der Waals surface area contributed by atoms with Gasteiger partial charge in [0.05, 0.1) is 17.6 Å². The molecule has 0 bridgehead atoms. The normalized spacial score (nSPS) is 11.3. The first-order valence-corrected chi connectivity index (χ1v) is 6.76. The molecule has 0 aliphatic carbocycles. The Bertz CT molecular complexity index is 374. The maximum absolute atomic E-state index is 4.70. The highest BCUT2D eigenvalue weighted by Gasteiger charge is 2.12. The minimum absolute atomic E-state index is 0.365. The van der Waals surface area contributed by atoms with Crippen molar-refractivity contribution in [1.29, 1.82) is 0 Å². The maximum Gasteiger partial charge on any atom is 0.131 e. The van der Waals surface area contributed by atoms with Crippen LogP contribution in [0.3, 0.4) is 0 Å². The SMILES string of the molecule is CCN(C)c1cnc(C(C)C)nc1CNC(C)C. The number of rotatable bonds is 6. The van der Waals surface area contributed by atoms with Crippen molar-refractivity contribution in [2.75, 3.05) is 18.5 Å². The minimum Gasteiger partial charge on any atom is -0.372 e. The second-order valence-corrected chi connectivity index (χ2v) is 5.26. The van der Waals surface area contributed by atoms with Crippen LogP contribution in [-0.2, 0) is 6.54 Å². The predicted octanol–water partition coefficient (Wildman–Crippen LogP) is 2.55. The molecule has 1 aromatic rings. The molecule has 1 heterocycles. The van der Waals surface area contributed by atoms with Crippen LogP contribution in [0.4, 0.5) is 5.69 Å². The first kappa shape index (κ1) is 14.9. The van der Waals surface area contributed by atoms with E-state index in [0.29, 0.717) is 12.0 Å². The van der Waals surface area contributed by atoms with Crippen molar-refractivity contribution in [2.24, 2.45) is 0 Å². The van der Waals surface area contributed by atoms with Crippen LogP contribution >= 0.6 is 0 Å². The van der Waals surface area contributed by atoms with E-state index in [-0.39, 0.29) is 0 Å². The van der Waals surface area contributed by atoms with E-state index in [2.05, 4.69) is 56.9 Å². The molecule has 0 spiro atoms. The summed E-state index contributed by atoms with van der Waals surface area (Å²) < 4.78 is 0. The van der Waals surface area contributed by atoms with Crippen LogP contribution in [0.2, 0.25) is 0 Å². The number of hydrogen-bond acceptors (Lipinski definition) is 4. The zero-order valence-corrected chi connectivity index (χ0v) is 12.5. The van der Waals surface area contributed by atoms with E-state index < -0.39 is 0 Å². The average Bonchev–Trinajstić information content (AvgIpc) is 2.34. The molecule has 0 aromatic carbocycles. The molecule has 1 N–H and O–H groups in total. The summed E-state index contributed by atoms with van der Waals surface area (Å²) in [6.45, 7) is 12.4. The van der Waals surface area contributed by atoms with E-state index in [1.54, 1.807) is 0 Å². The van der Waals surface area contributed by atoms with Crippen LogP contribution in [0.5, 0.6) is 0 Å². The summed E-state index contributed by atoms with van der Waals surface area (Å²) in [6.07, 6.45) is 1.95. The van der Waals surface area contributed by atoms with Crippen molar-refractivity contribution in [3.05, 3.63) is 17.7 Å². The van der Waals surface area contributed by atoms with Gasteiger partial charge in [0.2, 0.25) is 0 Å². The van der Waals surface area contributed by atoms with E-state index >= 15 is 0 Å². The molecule has 1 aromatic heterocycles. The first-order valence-electron chi connectivity index (χ1n) is 6.76. The third-order valence-corrected chi connectivity index (χ3v) is 2.94. The molecule has 0 radical (unpaired) electrons. The molecular weight excluding hydrogens is 224 g/mol. The van der Waals surface area contributed by atoms with Crippen LogP contribution < -0.4 is 10.2 Å². The molecule has 0 saturated heterocycles. The van der Waals surface area contributed by atoms with Gasteiger partial charge in [-0.05, 0) is 6.92 Å². The fourth-order valence-electron chi connectivity index (χ4n) is 1.62. The Balaban J connectivity index is 3.01. The standard InChI is InChI=1S/C14H26N4/c1-7-18(6)13-9-16-14(10(2)3)17-12(13)8-15-11(4)5/h9-11,15H,7-8H2,1-6H3. The lowest BCUT2D eigenvalue weighted by Crippen LogP contribution is -2.26. The second-order valence-electron chi connectivity index (χ2n) is 5.26. The van der Waals surface area contributed by atoms with Gasteiger partial charge in [0, 0.05) is 32.1 Å². The summed E-state index contributed by atoms with van der Waals surface area (Å²) in [4.78, 5) is 11.3. The Kier molecular flexibility index (Phi) is 5.54. The lowest BCUT2D eigenvalue weighted by atomic mass is 10.2. The monoisotopic (exact) mass is 250 g/mol. The van der Waals surface area contributed by atoms with Crippen molar-refractivity contribution in [2.45, 2.75) is 53.1 Å². The molecule has 4 nitrogen and oxygen atoms in total. The third kappa shape index (κ3) is 3.95. The van der Waals surface area contributed by atoms with Gasteiger partial charge in [-0.1, -0.05) is 27.7 Å². The van der Waals surface area contributed by atoms with E-state index in [1.165, 1.54) is 0 Å². The van der Waals surface area contributed by atoms with Gasteiger partial charge >= 0.3 is 0 Å². The summed E-state index contributed by atoms with van der Waals surface area (Å²) in [7, 11) is 2.08. The fourth-order valence-corrected chi connectivity index (χ4v) is 1.62. The van der Waals surface area contributed by atoms with Gasteiger partial charge in [-0.25, -0.2) is 9.97 Å². The maximum atomic E-state index is 4.70. The molecule has 0 atom stereocenters. The van der Waals surface area contributed by atoms with Crippen molar-refractivity contribution < 1.29 is 0 Å². The van der Waals surface area contributed by atoms with E-state index in [0.717, 1.165) is 30.3 Å². The average molecular weight is 250 g/mol. The van der Waals surface area contributed by atoms with Crippen LogP contribution in [0.25, 0.3) is 0 Å². The second kappa shape index (κ2) is 6.69. The predicted molar refractivity (Wildman–Crippen MR) is 77.0 cm³/mol. The largest absolute Gasteiger partial charge is 0.372 e. The van der Waals surface area contributed by atoms with Crippen molar-refractivity contribution >= 4 is 5.69 Å². The Morgan fingerprint density at radius 2 is 1.94 bits per heavy atom. The molecule has 1 rings (SSSR count). The Morgan fingerprint density at radius 3 is 2.44 bits per heavy atom. The molecule has 0 fully saturated rings. The summed E-state index contributed by atoms with van der Waals surface area (Å²) in [5.41, 5.74) is 2.21. The molecule has 18 heavy (non-hydrogen) atoms. The van der Waals surface area contributed by atoms with Crippen molar-refractivity contribution in [3.63, 3.8) is 0 Å². The van der Waals surface area contributed by atoms with E-state index in [1.807, 2.05) is 6.20 Å². The first-order chi connectivity index (χ1) is 8.45. The van der Waals surface area contributed by atoms with Gasteiger partial charge in [-0.3, -0.25) is 0 Å². The van der Waals surface area contributed by atoms with E-state index in [4.69, 9.17) is 4.98 Å². The molecule has 4 heteroatoms. The van der Waals surface area contributed by atoms with Gasteiger partial charge in [0.15, 0.2) is 0 Å². The van der Waals surface area contributed by atoms with Gasteiger partial charge in [0.25, 0.3) is 0 Å². The molecule has 0 aliphatic heterocycles. The Hall–Kier alpha value is -1.16. The van der Waals surface area contributed by atoms with Gasteiger partial charge in [0.1, 0.15) is 5.82 Å². The molecular formula is C14H26N4. The lowest BCUT2D eigenvalue weighted by molar-refractivity contribution is 0.576. The van der Waals surface area contributed by atoms with Gasteiger partial charge in [-0.2, -0.15) is 0 Å². The molecule has 0 aliphatic rings. The van der Waals surface area contributed by atoms with Crippen LogP contribution in [0, 0.1) is 0 Å². The number of nitrogens with zero attached hydrogens (tertiary/aromatic N) is 3. The molecule has 0 amide bonds. The third-order valence-electron chi connectivity index (χ3n) is 2.94. The topological polar surface area (TPSA) is 41.1 Å². The van der Waals surface area contributed by atoms with Crippen molar-refractivity contribution in [1.82, 2.24) is 15.3 Å². The number of anilines is 1. The highest BCUT2D eigenvalue weighted by atomic mass is 15.1. The number of hydrogen-bond donors (Lipinski definition) is 1. The highest BCUT2D eigenvalue weighted by molar-refractivity contribution is 5.48. The summed E-state index contributed by atoms with van der Waals surface area (Å²) in [5, 5.41) is 3.43.